The molecule has 0 radical (unpaired) electrons. The van der Waals surface area contributed by atoms with Crippen molar-refractivity contribution in [3.05, 3.63) is 110 Å². The quantitative estimate of drug-likeness (QED) is 0.299. The van der Waals surface area contributed by atoms with E-state index in [1.165, 1.54) is 11.8 Å². The molecule has 2 atom stereocenters. The Morgan fingerprint density at radius 3 is 2.39 bits per heavy atom. The van der Waals surface area contributed by atoms with Gasteiger partial charge in [-0.05, 0) is 42.8 Å². The van der Waals surface area contributed by atoms with Crippen LogP contribution in [0.1, 0.15) is 28.8 Å². The Hall–Kier alpha value is -3.18. The summed E-state index contributed by atoms with van der Waals surface area (Å²) in [5.74, 6) is -1.64. The van der Waals surface area contributed by atoms with Gasteiger partial charge in [0.1, 0.15) is 5.03 Å². The maximum Gasteiger partial charge on any atom is 0.234 e. The summed E-state index contributed by atoms with van der Waals surface area (Å²) in [4.78, 5) is 30.9. The van der Waals surface area contributed by atoms with Crippen molar-refractivity contribution >= 4 is 62.4 Å². The fourth-order valence-electron chi connectivity index (χ4n) is 4.06. The Labute approximate surface area is 227 Å². The van der Waals surface area contributed by atoms with Crippen molar-refractivity contribution in [3.8, 4) is 6.07 Å². The Bertz CT molecular complexity index is 1400. The van der Waals surface area contributed by atoms with Crippen LogP contribution in [-0.2, 0) is 4.79 Å². The number of ketones is 1. The third-order valence-electron chi connectivity index (χ3n) is 5.79. The molecule has 0 fully saturated rings. The molecule has 1 aliphatic heterocycles. The van der Waals surface area contributed by atoms with Gasteiger partial charge in [0.05, 0.1) is 23.3 Å². The minimum Gasteiger partial charge on any atom is -0.325 e. The lowest BCUT2D eigenvalue weighted by molar-refractivity contribution is -0.118. The van der Waals surface area contributed by atoms with Crippen LogP contribution in [0.5, 0.6) is 0 Å². The molecule has 4 rings (SSSR count). The Morgan fingerprint density at radius 1 is 1.06 bits per heavy atom. The lowest BCUT2D eigenvalue weighted by Crippen LogP contribution is -2.36. The summed E-state index contributed by atoms with van der Waals surface area (Å²) in [6.45, 7) is 1.77. The number of aliphatic imine (C=N–C) groups is 1. The minimum atomic E-state index is -0.744. The summed E-state index contributed by atoms with van der Waals surface area (Å²) in [6.07, 6.45) is 0. The fraction of sp³-hybridized carbons (Fsp3) is 0.143. The van der Waals surface area contributed by atoms with Gasteiger partial charge in [0, 0.05) is 32.4 Å². The maximum absolute atomic E-state index is 13.5. The summed E-state index contributed by atoms with van der Waals surface area (Å²) >= 11 is 11.1. The van der Waals surface area contributed by atoms with Crippen LogP contribution in [0.2, 0.25) is 5.02 Å². The van der Waals surface area contributed by atoms with Gasteiger partial charge in [-0.25, -0.2) is 4.99 Å². The molecule has 1 N–H and O–H groups in total. The van der Waals surface area contributed by atoms with Gasteiger partial charge < -0.3 is 5.32 Å². The number of halogens is 2. The number of hydrogen-bond donors (Lipinski definition) is 1. The average Bonchev–Trinajstić information content (AvgIpc) is 2.88. The minimum absolute atomic E-state index is 0.0802. The first-order valence-corrected chi connectivity index (χ1v) is 13.3. The first-order valence-electron chi connectivity index (χ1n) is 11.1. The van der Waals surface area contributed by atoms with E-state index in [9.17, 15) is 14.9 Å². The van der Waals surface area contributed by atoms with Gasteiger partial charge in [0.15, 0.2) is 5.78 Å². The third kappa shape index (κ3) is 5.79. The van der Waals surface area contributed by atoms with Crippen molar-refractivity contribution in [2.24, 2.45) is 10.9 Å². The number of nitrogens with one attached hydrogen (secondary N) is 1. The zero-order chi connectivity index (χ0) is 25.7. The van der Waals surface area contributed by atoms with Crippen LogP contribution in [0, 0.1) is 17.2 Å². The van der Waals surface area contributed by atoms with E-state index < -0.39 is 11.8 Å². The van der Waals surface area contributed by atoms with E-state index >= 15 is 0 Å². The molecule has 1 amide bonds. The number of rotatable bonds is 7. The molecule has 1 aliphatic rings. The summed E-state index contributed by atoms with van der Waals surface area (Å²) < 4.78 is 0.885. The standard InChI is InChI=1S/C28H21BrClN3O2S/c1-17-25(27(35)33-20-7-3-2-4-8-20)26(21-9-5-6-10-23(21)30)22(15-31)28(32-17)36-16-24(34)18-11-13-19(29)14-12-18/h2-14,25-26H,16H2,1H3,(H,33,35)/t25?,26-/m0/s1. The maximum atomic E-state index is 13.5. The molecule has 0 spiro atoms. The highest BCUT2D eigenvalue weighted by molar-refractivity contribution is 9.10. The molecular formula is C28H21BrClN3O2S. The molecule has 0 saturated carbocycles. The molecule has 0 aliphatic carbocycles. The largest absolute Gasteiger partial charge is 0.325 e. The molecule has 3 aromatic rings. The van der Waals surface area contributed by atoms with Crippen LogP contribution < -0.4 is 5.32 Å². The zero-order valence-electron chi connectivity index (χ0n) is 19.2. The molecule has 180 valence electrons. The Morgan fingerprint density at radius 2 is 1.72 bits per heavy atom. The molecule has 8 heteroatoms. The number of carbonyl (C=O) groups is 2. The van der Waals surface area contributed by atoms with Crippen molar-refractivity contribution in [2.75, 3.05) is 11.1 Å². The first-order chi connectivity index (χ1) is 17.4. The van der Waals surface area contributed by atoms with Gasteiger partial charge >= 0.3 is 0 Å². The smallest absolute Gasteiger partial charge is 0.234 e. The lowest BCUT2D eigenvalue weighted by atomic mass is 9.76. The number of Topliss-reactive ketones (excluding diaryl/α,β-unsaturated/α-hetero) is 1. The molecule has 0 saturated heterocycles. The van der Waals surface area contributed by atoms with E-state index in [-0.39, 0.29) is 17.4 Å². The van der Waals surface area contributed by atoms with E-state index in [1.54, 1.807) is 43.3 Å². The summed E-state index contributed by atoms with van der Waals surface area (Å²) in [7, 11) is 0. The van der Waals surface area contributed by atoms with Crippen molar-refractivity contribution in [1.29, 1.82) is 5.26 Å². The van der Waals surface area contributed by atoms with Crippen molar-refractivity contribution in [1.82, 2.24) is 0 Å². The number of anilines is 1. The number of thioether (sulfide) groups is 1. The fourth-order valence-corrected chi connectivity index (χ4v) is 5.54. The van der Waals surface area contributed by atoms with Crippen LogP contribution in [-0.4, -0.2) is 23.2 Å². The highest BCUT2D eigenvalue weighted by Crippen LogP contribution is 2.44. The first kappa shape index (κ1) is 25.9. The number of para-hydroxylation sites is 1. The van der Waals surface area contributed by atoms with Gasteiger partial charge in [0.25, 0.3) is 0 Å². The molecule has 0 bridgehead atoms. The predicted octanol–water partition coefficient (Wildman–Crippen LogP) is 7.27. The number of allylic oxidation sites excluding steroid dienone is 1. The number of carbonyl (C=O) groups excluding carboxylic acids is 2. The summed E-state index contributed by atoms with van der Waals surface area (Å²) in [5, 5.41) is 14.0. The van der Waals surface area contributed by atoms with Crippen LogP contribution in [0.4, 0.5) is 5.69 Å². The van der Waals surface area contributed by atoms with E-state index in [4.69, 9.17) is 11.6 Å². The van der Waals surface area contributed by atoms with Crippen LogP contribution in [0.3, 0.4) is 0 Å². The second kappa shape index (κ2) is 11.7. The van der Waals surface area contributed by atoms with Crippen LogP contribution >= 0.6 is 39.3 Å². The van der Waals surface area contributed by atoms with Crippen molar-refractivity contribution in [2.45, 2.75) is 12.8 Å². The Kier molecular flexibility index (Phi) is 8.42. The summed E-state index contributed by atoms with van der Waals surface area (Å²) in [6, 6.07) is 25.7. The molecular weight excluding hydrogens is 558 g/mol. The molecule has 3 aromatic carbocycles. The van der Waals surface area contributed by atoms with Gasteiger partial charge in [-0.3, -0.25) is 9.59 Å². The number of benzene rings is 3. The number of hydrogen-bond acceptors (Lipinski definition) is 5. The number of amides is 1. The van der Waals surface area contributed by atoms with Crippen LogP contribution in [0.25, 0.3) is 0 Å². The van der Waals surface area contributed by atoms with Crippen LogP contribution in [0.15, 0.2) is 98.9 Å². The lowest BCUT2D eigenvalue weighted by Gasteiger charge is -2.31. The van der Waals surface area contributed by atoms with E-state index in [1.807, 2.05) is 42.5 Å². The topological polar surface area (TPSA) is 82.3 Å². The third-order valence-corrected chi connectivity index (χ3v) is 7.66. The Balaban J connectivity index is 1.69. The van der Waals surface area contributed by atoms with Gasteiger partial charge in [-0.2, -0.15) is 5.26 Å². The normalized spacial score (nSPS) is 17.2. The zero-order valence-corrected chi connectivity index (χ0v) is 22.4. The number of nitriles is 1. The highest BCUT2D eigenvalue weighted by atomic mass is 79.9. The summed E-state index contributed by atoms with van der Waals surface area (Å²) in [5.41, 5.74) is 2.75. The highest BCUT2D eigenvalue weighted by Gasteiger charge is 2.40. The van der Waals surface area contributed by atoms with Gasteiger partial charge in [-0.15, -0.1) is 0 Å². The van der Waals surface area contributed by atoms with Crippen molar-refractivity contribution < 1.29 is 9.59 Å². The predicted molar refractivity (Wildman–Crippen MR) is 149 cm³/mol. The molecule has 36 heavy (non-hydrogen) atoms. The second-order valence-corrected chi connectivity index (χ2v) is 10.4. The molecule has 5 nitrogen and oxygen atoms in total. The SMILES string of the molecule is CC1=NC(SCC(=O)c2ccc(Br)cc2)=C(C#N)[C@H](c2ccccc2Cl)C1C(=O)Nc1ccccc1. The molecule has 0 aromatic heterocycles. The molecule has 1 heterocycles. The monoisotopic (exact) mass is 577 g/mol. The number of nitrogens with zero attached hydrogens (tertiary/aromatic N) is 2. The second-order valence-electron chi connectivity index (χ2n) is 8.13. The van der Waals surface area contributed by atoms with E-state index in [2.05, 4.69) is 32.3 Å². The van der Waals surface area contributed by atoms with E-state index in [0.29, 0.717) is 38.2 Å². The average molecular weight is 579 g/mol. The van der Waals surface area contributed by atoms with Crippen molar-refractivity contribution in [3.63, 3.8) is 0 Å². The van der Waals surface area contributed by atoms with Gasteiger partial charge in [-0.1, -0.05) is 87.8 Å². The van der Waals surface area contributed by atoms with Gasteiger partial charge in [0.2, 0.25) is 5.91 Å². The molecule has 1 unspecified atom stereocenters. The van der Waals surface area contributed by atoms with E-state index in [0.717, 1.165) is 4.47 Å².